The van der Waals surface area contributed by atoms with Crippen LogP contribution in [0.3, 0.4) is 0 Å². The molecule has 6 heteroatoms. The summed E-state index contributed by atoms with van der Waals surface area (Å²) in [6.07, 6.45) is 6.52. The number of nitrogens with one attached hydrogen (secondary N) is 1. The minimum atomic E-state index is -0.647. The summed E-state index contributed by atoms with van der Waals surface area (Å²) < 4.78 is 13.2. The summed E-state index contributed by atoms with van der Waals surface area (Å²) >= 11 is 0. The molecule has 2 unspecified atom stereocenters. The number of hydrogen-bond donors (Lipinski definition) is 2. The summed E-state index contributed by atoms with van der Waals surface area (Å²) in [4.78, 5) is 4.50. The molecule has 1 heterocycles. The highest BCUT2D eigenvalue weighted by atomic mass is 16.5. The van der Waals surface area contributed by atoms with Crippen LogP contribution >= 0.6 is 0 Å². The lowest BCUT2D eigenvalue weighted by Crippen LogP contribution is -2.35. The molecule has 0 spiro atoms. The van der Waals surface area contributed by atoms with Gasteiger partial charge in [0.25, 0.3) is 0 Å². The highest BCUT2D eigenvalue weighted by Gasteiger charge is 2.20. The van der Waals surface area contributed by atoms with Crippen LogP contribution < -0.4 is 14.8 Å². The molecule has 0 aliphatic heterocycles. The summed E-state index contributed by atoms with van der Waals surface area (Å²) in [7, 11) is 3.62. The van der Waals surface area contributed by atoms with Crippen molar-refractivity contribution in [3.63, 3.8) is 0 Å². The first kappa shape index (κ1) is 20.4. The molecule has 158 valence electrons. The van der Waals surface area contributed by atoms with Crippen molar-refractivity contribution >= 4 is 0 Å². The van der Waals surface area contributed by atoms with Gasteiger partial charge in [0.2, 0.25) is 0 Å². The number of imidazole rings is 1. The van der Waals surface area contributed by atoms with Crippen molar-refractivity contribution in [1.29, 1.82) is 0 Å². The van der Waals surface area contributed by atoms with Gasteiger partial charge in [-0.1, -0.05) is 18.2 Å². The largest absolute Gasteiger partial charge is 0.497 e. The van der Waals surface area contributed by atoms with Crippen molar-refractivity contribution in [2.24, 2.45) is 7.05 Å². The number of aliphatic hydroxyl groups is 1. The summed E-state index contributed by atoms with van der Waals surface area (Å²) in [5.41, 5.74) is 3.81. The first-order valence-electron chi connectivity index (χ1n) is 10.4. The number of rotatable bonds is 9. The van der Waals surface area contributed by atoms with Crippen molar-refractivity contribution in [3.8, 4) is 11.5 Å². The Balaban J connectivity index is 1.40. The number of benzene rings is 2. The van der Waals surface area contributed by atoms with Gasteiger partial charge in [0, 0.05) is 26.0 Å². The number of hydrogen-bond acceptors (Lipinski definition) is 5. The van der Waals surface area contributed by atoms with Crippen LogP contribution in [-0.2, 0) is 19.9 Å². The number of aromatic nitrogens is 2. The molecule has 30 heavy (non-hydrogen) atoms. The molecule has 0 radical (unpaired) electrons. The van der Waals surface area contributed by atoms with E-state index in [9.17, 15) is 5.11 Å². The second kappa shape index (κ2) is 9.32. The number of ether oxygens (including phenoxy) is 2. The van der Waals surface area contributed by atoms with Gasteiger partial charge < -0.3 is 24.5 Å². The number of nitrogens with zero attached hydrogens (tertiary/aromatic N) is 2. The van der Waals surface area contributed by atoms with Gasteiger partial charge >= 0.3 is 0 Å². The fourth-order valence-corrected chi connectivity index (χ4v) is 3.98. The zero-order valence-corrected chi connectivity index (χ0v) is 17.5. The summed E-state index contributed by atoms with van der Waals surface area (Å²) in [5.74, 6) is 2.48. The molecule has 6 nitrogen and oxygen atoms in total. The molecule has 1 aromatic heterocycles. The second-order valence-electron chi connectivity index (χ2n) is 7.76. The third-order valence-electron chi connectivity index (χ3n) is 5.61. The predicted octanol–water partition coefficient (Wildman–Crippen LogP) is 3.04. The first-order chi connectivity index (χ1) is 14.6. The Morgan fingerprint density at radius 3 is 2.80 bits per heavy atom. The Morgan fingerprint density at radius 1 is 1.13 bits per heavy atom. The molecular weight excluding hydrogens is 378 g/mol. The smallest absolute Gasteiger partial charge is 0.130 e. The summed E-state index contributed by atoms with van der Waals surface area (Å²) in [6, 6.07) is 14.0. The minimum Gasteiger partial charge on any atom is -0.497 e. The van der Waals surface area contributed by atoms with E-state index in [0.29, 0.717) is 6.54 Å². The van der Waals surface area contributed by atoms with Gasteiger partial charge in [-0.05, 0) is 60.2 Å². The number of aryl methyl sites for hydroxylation is 3. The van der Waals surface area contributed by atoms with Crippen LogP contribution in [0.4, 0.5) is 0 Å². The van der Waals surface area contributed by atoms with Crippen LogP contribution in [0.15, 0.2) is 54.9 Å². The van der Waals surface area contributed by atoms with Crippen molar-refractivity contribution < 1.29 is 14.6 Å². The van der Waals surface area contributed by atoms with E-state index < -0.39 is 6.10 Å². The highest BCUT2D eigenvalue weighted by molar-refractivity contribution is 5.38. The number of methoxy groups -OCH3 is 1. The molecule has 1 aliphatic carbocycles. The van der Waals surface area contributed by atoms with E-state index in [1.165, 1.54) is 17.5 Å². The van der Waals surface area contributed by atoms with E-state index in [2.05, 4.69) is 22.4 Å². The standard InChI is InChI=1S/C24H29N3O3/c1-27-12-11-25-24(27)23(19-7-4-8-21(14-19)29-2)26-15-20(28)16-30-22-10-9-17-5-3-6-18(17)13-22/h4,7-14,20,23,26,28H,3,5-6,15-16H2,1-2H3. The monoisotopic (exact) mass is 407 g/mol. The predicted molar refractivity (Wildman–Crippen MR) is 116 cm³/mol. The Kier molecular flexibility index (Phi) is 6.35. The topological polar surface area (TPSA) is 68.5 Å². The van der Waals surface area contributed by atoms with Gasteiger partial charge in [0.1, 0.15) is 30.0 Å². The Morgan fingerprint density at radius 2 is 2.00 bits per heavy atom. The van der Waals surface area contributed by atoms with Gasteiger partial charge in [-0.2, -0.15) is 0 Å². The SMILES string of the molecule is COc1cccc(C(NCC(O)COc2ccc3c(c2)CCC3)c2nccn2C)c1. The number of aliphatic hydroxyl groups excluding tert-OH is 1. The molecule has 0 saturated carbocycles. The van der Waals surface area contributed by atoms with Crippen LogP contribution in [-0.4, -0.2) is 41.0 Å². The molecule has 0 saturated heterocycles. The molecule has 1 aliphatic rings. The molecule has 4 rings (SSSR count). The molecule has 3 aromatic rings. The highest BCUT2D eigenvalue weighted by Crippen LogP contribution is 2.26. The molecule has 0 amide bonds. The maximum Gasteiger partial charge on any atom is 0.130 e. The van der Waals surface area contributed by atoms with Crippen LogP contribution in [0.1, 0.15) is 35.0 Å². The van der Waals surface area contributed by atoms with Gasteiger partial charge in [-0.25, -0.2) is 4.98 Å². The fourth-order valence-electron chi connectivity index (χ4n) is 3.98. The van der Waals surface area contributed by atoms with Crippen molar-refractivity contribution in [2.45, 2.75) is 31.4 Å². The van der Waals surface area contributed by atoms with Gasteiger partial charge in [-0.15, -0.1) is 0 Å². The maximum absolute atomic E-state index is 10.5. The zero-order chi connectivity index (χ0) is 20.9. The zero-order valence-electron chi connectivity index (χ0n) is 17.5. The molecule has 2 N–H and O–H groups in total. The minimum absolute atomic E-state index is 0.172. The first-order valence-corrected chi connectivity index (χ1v) is 10.4. The normalized spacial score (nSPS) is 14.9. The Labute approximate surface area is 177 Å². The van der Waals surface area contributed by atoms with E-state index in [1.807, 2.05) is 48.1 Å². The van der Waals surface area contributed by atoms with E-state index in [0.717, 1.165) is 35.7 Å². The van der Waals surface area contributed by atoms with Crippen molar-refractivity contribution in [1.82, 2.24) is 14.9 Å². The lowest BCUT2D eigenvalue weighted by molar-refractivity contribution is 0.104. The Hall–Kier alpha value is -2.83. The third-order valence-corrected chi connectivity index (χ3v) is 5.61. The van der Waals surface area contributed by atoms with E-state index in [-0.39, 0.29) is 12.6 Å². The van der Waals surface area contributed by atoms with Crippen LogP contribution in [0, 0.1) is 0 Å². The second-order valence-corrected chi connectivity index (χ2v) is 7.76. The quantitative estimate of drug-likeness (QED) is 0.571. The fraction of sp³-hybridized carbons (Fsp3) is 0.375. The molecular formula is C24H29N3O3. The van der Waals surface area contributed by atoms with Gasteiger partial charge in [0.15, 0.2) is 0 Å². The average Bonchev–Trinajstić information content (AvgIpc) is 3.41. The lowest BCUT2D eigenvalue weighted by atomic mass is 10.1. The van der Waals surface area contributed by atoms with E-state index >= 15 is 0 Å². The van der Waals surface area contributed by atoms with Crippen LogP contribution in [0.5, 0.6) is 11.5 Å². The van der Waals surface area contributed by atoms with Crippen molar-refractivity contribution in [2.75, 3.05) is 20.3 Å². The Bertz CT molecular complexity index is 985. The van der Waals surface area contributed by atoms with Crippen LogP contribution in [0.2, 0.25) is 0 Å². The van der Waals surface area contributed by atoms with Gasteiger partial charge in [-0.3, -0.25) is 0 Å². The van der Waals surface area contributed by atoms with Gasteiger partial charge in [0.05, 0.1) is 13.2 Å². The molecule has 0 fully saturated rings. The van der Waals surface area contributed by atoms with E-state index in [1.54, 1.807) is 13.3 Å². The third kappa shape index (κ3) is 4.66. The molecule has 2 aromatic carbocycles. The van der Waals surface area contributed by atoms with E-state index in [4.69, 9.17) is 9.47 Å². The molecule has 0 bridgehead atoms. The van der Waals surface area contributed by atoms with Crippen LogP contribution in [0.25, 0.3) is 0 Å². The number of fused-ring (bicyclic) bond motifs is 1. The lowest BCUT2D eigenvalue weighted by Gasteiger charge is -2.22. The maximum atomic E-state index is 10.5. The molecule has 2 atom stereocenters. The summed E-state index contributed by atoms with van der Waals surface area (Å²) in [5, 5.41) is 14.0. The summed E-state index contributed by atoms with van der Waals surface area (Å²) in [6.45, 7) is 0.608. The van der Waals surface area contributed by atoms with Crippen molar-refractivity contribution in [3.05, 3.63) is 77.4 Å². The average molecular weight is 408 g/mol.